The number of nitrogens with one attached hydrogen (secondary N) is 2. The molecule has 96 valence electrons. The van der Waals surface area contributed by atoms with Crippen molar-refractivity contribution in [3.05, 3.63) is 0 Å². The highest BCUT2D eigenvalue weighted by molar-refractivity contribution is 5.68. The molecule has 16 heavy (non-hydrogen) atoms. The standard InChI is InChI=1S/C12H26N2O2/c1-9(2)7-13-8-10(3)14-11(15)16-12(4,5)6/h9-10,13H,7-8H2,1-6H3,(H,14,15). The summed E-state index contributed by atoms with van der Waals surface area (Å²) < 4.78 is 5.16. The van der Waals surface area contributed by atoms with Gasteiger partial charge in [-0.1, -0.05) is 13.8 Å². The van der Waals surface area contributed by atoms with Crippen molar-refractivity contribution in [2.75, 3.05) is 13.1 Å². The Hall–Kier alpha value is -0.770. The lowest BCUT2D eigenvalue weighted by Gasteiger charge is -2.22. The number of carbonyl (C=O) groups is 1. The van der Waals surface area contributed by atoms with Gasteiger partial charge in [0.1, 0.15) is 5.60 Å². The topological polar surface area (TPSA) is 50.4 Å². The van der Waals surface area contributed by atoms with Crippen molar-refractivity contribution >= 4 is 6.09 Å². The fraction of sp³-hybridized carbons (Fsp3) is 0.917. The molecule has 0 aliphatic heterocycles. The Kier molecular flexibility index (Phi) is 6.41. The minimum atomic E-state index is -0.435. The minimum Gasteiger partial charge on any atom is -0.444 e. The van der Waals surface area contributed by atoms with Crippen molar-refractivity contribution in [1.29, 1.82) is 0 Å². The Morgan fingerprint density at radius 3 is 2.19 bits per heavy atom. The zero-order valence-corrected chi connectivity index (χ0v) is 11.4. The molecule has 1 amide bonds. The molecule has 0 aromatic carbocycles. The van der Waals surface area contributed by atoms with Crippen LogP contribution in [0.5, 0.6) is 0 Å². The van der Waals surface area contributed by atoms with Crippen LogP contribution in [-0.4, -0.2) is 30.8 Å². The molecule has 0 saturated carbocycles. The predicted octanol–water partition coefficient (Wildman–Crippen LogP) is 2.15. The summed E-state index contributed by atoms with van der Waals surface area (Å²) in [6.07, 6.45) is -0.355. The van der Waals surface area contributed by atoms with E-state index in [1.807, 2.05) is 27.7 Å². The van der Waals surface area contributed by atoms with Gasteiger partial charge in [-0.15, -0.1) is 0 Å². The summed E-state index contributed by atoms with van der Waals surface area (Å²) in [5.41, 5.74) is -0.435. The van der Waals surface area contributed by atoms with Gasteiger partial charge < -0.3 is 15.4 Å². The van der Waals surface area contributed by atoms with Crippen LogP contribution in [0.15, 0.2) is 0 Å². The molecular weight excluding hydrogens is 204 g/mol. The van der Waals surface area contributed by atoms with Gasteiger partial charge in [0.05, 0.1) is 0 Å². The number of carbonyl (C=O) groups excluding carboxylic acids is 1. The molecule has 4 nitrogen and oxygen atoms in total. The average molecular weight is 230 g/mol. The molecule has 0 rings (SSSR count). The van der Waals surface area contributed by atoms with Crippen molar-refractivity contribution < 1.29 is 9.53 Å². The Morgan fingerprint density at radius 2 is 1.75 bits per heavy atom. The second kappa shape index (κ2) is 6.74. The first-order chi connectivity index (χ1) is 7.20. The SMILES string of the molecule is CC(C)CNCC(C)NC(=O)OC(C)(C)C. The van der Waals surface area contributed by atoms with E-state index >= 15 is 0 Å². The Labute approximate surface area is 99.1 Å². The van der Waals surface area contributed by atoms with E-state index in [0.717, 1.165) is 13.1 Å². The van der Waals surface area contributed by atoms with Gasteiger partial charge in [-0.25, -0.2) is 4.79 Å². The van der Waals surface area contributed by atoms with Gasteiger partial charge in [-0.05, 0) is 40.2 Å². The first-order valence-corrected chi connectivity index (χ1v) is 5.91. The first-order valence-electron chi connectivity index (χ1n) is 5.91. The fourth-order valence-electron chi connectivity index (χ4n) is 1.15. The lowest BCUT2D eigenvalue weighted by molar-refractivity contribution is 0.0508. The van der Waals surface area contributed by atoms with Crippen LogP contribution in [-0.2, 0) is 4.74 Å². The van der Waals surface area contributed by atoms with Gasteiger partial charge in [0.15, 0.2) is 0 Å². The first kappa shape index (κ1) is 15.2. The Bertz CT molecular complexity index is 210. The molecule has 0 aliphatic rings. The Balaban J connectivity index is 3.70. The van der Waals surface area contributed by atoms with E-state index in [4.69, 9.17) is 4.74 Å². The van der Waals surface area contributed by atoms with E-state index in [1.54, 1.807) is 0 Å². The molecule has 1 atom stereocenters. The second-order valence-electron chi connectivity index (χ2n) is 5.60. The van der Waals surface area contributed by atoms with Crippen LogP contribution in [0, 0.1) is 5.92 Å². The maximum Gasteiger partial charge on any atom is 0.407 e. The maximum atomic E-state index is 11.4. The van der Waals surface area contributed by atoms with Crippen molar-refractivity contribution in [3.63, 3.8) is 0 Å². The van der Waals surface area contributed by atoms with Crippen LogP contribution in [0.3, 0.4) is 0 Å². The van der Waals surface area contributed by atoms with Crippen LogP contribution in [0.1, 0.15) is 41.5 Å². The summed E-state index contributed by atoms with van der Waals surface area (Å²) in [5.74, 6) is 0.619. The summed E-state index contributed by atoms with van der Waals surface area (Å²) in [6, 6.07) is 0.0774. The normalized spacial score (nSPS) is 13.7. The largest absolute Gasteiger partial charge is 0.444 e. The summed E-state index contributed by atoms with van der Waals surface area (Å²) in [6.45, 7) is 13.5. The summed E-state index contributed by atoms with van der Waals surface area (Å²) in [5, 5.41) is 6.07. The molecule has 0 saturated heterocycles. The van der Waals surface area contributed by atoms with Gasteiger partial charge in [-0.3, -0.25) is 0 Å². The molecule has 0 radical (unpaired) electrons. The number of hydrogen-bond acceptors (Lipinski definition) is 3. The maximum absolute atomic E-state index is 11.4. The lowest BCUT2D eigenvalue weighted by atomic mass is 10.2. The van der Waals surface area contributed by atoms with Crippen LogP contribution in [0.4, 0.5) is 4.79 Å². The molecule has 4 heteroatoms. The van der Waals surface area contributed by atoms with E-state index in [2.05, 4.69) is 24.5 Å². The van der Waals surface area contributed by atoms with Crippen molar-refractivity contribution in [2.45, 2.75) is 53.2 Å². The monoisotopic (exact) mass is 230 g/mol. The highest BCUT2D eigenvalue weighted by Gasteiger charge is 2.17. The van der Waals surface area contributed by atoms with E-state index in [0.29, 0.717) is 5.92 Å². The van der Waals surface area contributed by atoms with Gasteiger partial charge in [0, 0.05) is 12.6 Å². The third kappa shape index (κ3) is 9.77. The van der Waals surface area contributed by atoms with Crippen molar-refractivity contribution in [2.24, 2.45) is 5.92 Å². The third-order valence-electron chi connectivity index (χ3n) is 1.77. The summed E-state index contributed by atoms with van der Waals surface area (Å²) in [7, 11) is 0. The molecule has 0 fully saturated rings. The number of rotatable bonds is 5. The number of amides is 1. The van der Waals surface area contributed by atoms with Crippen molar-refractivity contribution in [1.82, 2.24) is 10.6 Å². The molecule has 2 N–H and O–H groups in total. The van der Waals surface area contributed by atoms with Gasteiger partial charge in [-0.2, -0.15) is 0 Å². The van der Waals surface area contributed by atoms with Crippen LogP contribution >= 0.6 is 0 Å². The number of hydrogen-bond donors (Lipinski definition) is 2. The average Bonchev–Trinajstić information content (AvgIpc) is 1.98. The highest BCUT2D eigenvalue weighted by Crippen LogP contribution is 2.06. The molecule has 0 heterocycles. The van der Waals surface area contributed by atoms with Gasteiger partial charge in [0.2, 0.25) is 0 Å². The molecule has 0 aliphatic carbocycles. The minimum absolute atomic E-state index is 0.0774. The quantitative estimate of drug-likeness (QED) is 0.761. The molecular formula is C12H26N2O2. The van der Waals surface area contributed by atoms with E-state index < -0.39 is 5.60 Å². The van der Waals surface area contributed by atoms with Crippen LogP contribution < -0.4 is 10.6 Å². The lowest BCUT2D eigenvalue weighted by Crippen LogP contribution is -2.43. The van der Waals surface area contributed by atoms with Crippen LogP contribution in [0.25, 0.3) is 0 Å². The van der Waals surface area contributed by atoms with E-state index in [9.17, 15) is 4.79 Å². The summed E-state index contributed by atoms with van der Waals surface area (Å²) in [4.78, 5) is 11.4. The second-order valence-corrected chi connectivity index (χ2v) is 5.60. The van der Waals surface area contributed by atoms with Gasteiger partial charge >= 0.3 is 6.09 Å². The van der Waals surface area contributed by atoms with E-state index in [1.165, 1.54) is 0 Å². The number of ether oxygens (including phenoxy) is 1. The fourth-order valence-corrected chi connectivity index (χ4v) is 1.15. The third-order valence-corrected chi connectivity index (χ3v) is 1.77. The zero-order valence-electron chi connectivity index (χ0n) is 11.4. The molecule has 0 spiro atoms. The summed E-state index contributed by atoms with van der Waals surface area (Å²) >= 11 is 0. The zero-order chi connectivity index (χ0) is 12.8. The molecule has 0 aromatic rings. The molecule has 0 bridgehead atoms. The Morgan fingerprint density at radius 1 is 1.19 bits per heavy atom. The van der Waals surface area contributed by atoms with Crippen LogP contribution in [0.2, 0.25) is 0 Å². The van der Waals surface area contributed by atoms with Gasteiger partial charge in [0.25, 0.3) is 0 Å². The smallest absolute Gasteiger partial charge is 0.407 e. The molecule has 1 unspecified atom stereocenters. The predicted molar refractivity (Wildman–Crippen MR) is 66.5 cm³/mol. The van der Waals surface area contributed by atoms with E-state index in [-0.39, 0.29) is 12.1 Å². The highest BCUT2D eigenvalue weighted by atomic mass is 16.6. The molecule has 0 aromatic heterocycles. The van der Waals surface area contributed by atoms with Crippen molar-refractivity contribution in [3.8, 4) is 0 Å². The number of alkyl carbamates (subject to hydrolysis) is 1.